The van der Waals surface area contributed by atoms with Crippen molar-refractivity contribution in [2.75, 3.05) is 13.7 Å². The molecule has 0 N–H and O–H groups in total. The standard InChI is InChI=1S/C21H21ClN2O5/c1-13(2)11-28-20-16(22)8-14(9-17(20)27-3)21(26)29-12-15-10-19(25)24-7-5-4-6-18(24)23-15/h4-10,13H,11-12H2,1-3H3. The van der Waals surface area contributed by atoms with E-state index in [-0.39, 0.29) is 22.8 Å². The number of esters is 1. The van der Waals surface area contributed by atoms with E-state index in [9.17, 15) is 9.59 Å². The highest BCUT2D eigenvalue weighted by atomic mass is 35.5. The molecule has 0 saturated heterocycles. The molecule has 0 atom stereocenters. The normalized spacial score (nSPS) is 10.9. The smallest absolute Gasteiger partial charge is 0.338 e. The van der Waals surface area contributed by atoms with Gasteiger partial charge in [-0.3, -0.25) is 9.20 Å². The molecule has 1 aromatic carbocycles. The molecule has 3 aromatic rings. The summed E-state index contributed by atoms with van der Waals surface area (Å²) in [6.45, 7) is 4.34. The number of benzene rings is 1. The molecule has 0 aliphatic carbocycles. The number of rotatable bonds is 7. The van der Waals surface area contributed by atoms with Gasteiger partial charge in [0.1, 0.15) is 12.3 Å². The van der Waals surface area contributed by atoms with Crippen LogP contribution >= 0.6 is 11.6 Å². The molecule has 0 radical (unpaired) electrons. The number of halogens is 1. The molecule has 0 fully saturated rings. The Morgan fingerprint density at radius 1 is 1.24 bits per heavy atom. The lowest BCUT2D eigenvalue weighted by molar-refractivity contribution is 0.0467. The van der Waals surface area contributed by atoms with Crippen LogP contribution < -0.4 is 15.0 Å². The van der Waals surface area contributed by atoms with E-state index in [0.717, 1.165) is 0 Å². The van der Waals surface area contributed by atoms with Gasteiger partial charge in [-0.05, 0) is 30.2 Å². The molecule has 8 heteroatoms. The predicted octanol–water partition coefficient (Wildman–Crippen LogP) is 3.75. The highest BCUT2D eigenvalue weighted by Crippen LogP contribution is 2.37. The molecule has 0 amide bonds. The van der Waals surface area contributed by atoms with Crippen molar-refractivity contribution in [3.05, 3.63) is 69.2 Å². The van der Waals surface area contributed by atoms with E-state index >= 15 is 0 Å². The molecule has 0 saturated carbocycles. The topological polar surface area (TPSA) is 79.1 Å². The van der Waals surface area contributed by atoms with E-state index < -0.39 is 5.97 Å². The van der Waals surface area contributed by atoms with Gasteiger partial charge < -0.3 is 14.2 Å². The molecule has 0 spiro atoms. The number of ether oxygens (including phenoxy) is 3. The van der Waals surface area contributed by atoms with E-state index in [2.05, 4.69) is 4.98 Å². The molecule has 0 aliphatic heterocycles. The highest BCUT2D eigenvalue weighted by Gasteiger charge is 2.18. The van der Waals surface area contributed by atoms with Crippen molar-refractivity contribution in [3.63, 3.8) is 0 Å². The van der Waals surface area contributed by atoms with Gasteiger partial charge in [0.2, 0.25) is 0 Å². The maximum absolute atomic E-state index is 12.5. The second kappa shape index (κ2) is 8.96. The minimum absolute atomic E-state index is 0.148. The first-order chi connectivity index (χ1) is 13.9. The fourth-order valence-electron chi connectivity index (χ4n) is 2.63. The zero-order chi connectivity index (χ0) is 21.0. The van der Waals surface area contributed by atoms with Crippen molar-refractivity contribution >= 4 is 23.2 Å². The Hall–Kier alpha value is -3.06. The Balaban J connectivity index is 1.77. The summed E-state index contributed by atoms with van der Waals surface area (Å²) in [7, 11) is 1.47. The minimum atomic E-state index is -0.615. The molecule has 152 valence electrons. The summed E-state index contributed by atoms with van der Waals surface area (Å²) >= 11 is 6.27. The first-order valence-electron chi connectivity index (χ1n) is 9.04. The summed E-state index contributed by atoms with van der Waals surface area (Å²) in [4.78, 5) is 28.9. The third-order valence-electron chi connectivity index (χ3n) is 4.00. The molecule has 3 rings (SSSR count). The lowest BCUT2D eigenvalue weighted by atomic mass is 10.2. The molecule has 0 aliphatic rings. The Bertz CT molecular complexity index is 1090. The van der Waals surface area contributed by atoms with Crippen LogP contribution in [-0.4, -0.2) is 29.1 Å². The first kappa shape index (κ1) is 20.7. The Kier molecular flexibility index (Phi) is 6.39. The Morgan fingerprint density at radius 2 is 2.03 bits per heavy atom. The fourth-order valence-corrected chi connectivity index (χ4v) is 2.89. The van der Waals surface area contributed by atoms with Gasteiger partial charge in [0, 0.05) is 12.3 Å². The second-order valence-electron chi connectivity index (χ2n) is 6.78. The van der Waals surface area contributed by atoms with E-state index in [1.165, 1.54) is 29.7 Å². The van der Waals surface area contributed by atoms with E-state index in [0.29, 0.717) is 35.4 Å². The number of hydrogen-bond donors (Lipinski definition) is 0. The highest BCUT2D eigenvalue weighted by molar-refractivity contribution is 6.32. The average molecular weight is 417 g/mol. The summed E-state index contributed by atoms with van der Waals surface area (Å²) in [5, 5.41) is 0.249. The van der Waals surface area contributed by atoms with Crippen molar-refractivity contribution in [1.29, 1.82) is 0 Å². The number of carbonyl (C=O) groups excluding carboxylic acids is 1. The van der Waals surface area contributed by atoms with Crippen LogP contribution in [0.1, 0.15) is 29.9 Å². The zero-order valence-electron chi connectivity index (χ0n) is 16.3. The Morgan fingerprint density at radius 3 is 2.76 bits per heavy atom. The first-order valence-corrected chi connectivity index (χ1v) is 9.41. The SMILES string of the molecule is COc1cc(C(=O)OCc2cc(=O)n3ccccc3n2)cc(Cl)c1OCC(C)C. The van der Waals surface area contributed by atoms with Gasteiger partial charge >= 0.3 is 5.97 Å². The van der Waals surface area contributed by atoms with Crippen molar-refractivity contribution in [2.24, 2.45) is 5.92 Å². The number of hydrogen-bond acceptors (Lipinski definition) is 6. The lowest BCUT2D eigenvalue weighted by Crippen LogP contribution is -2.16. The van der Waals surface area contributed by atoms with Crippen LogP contribution in [-0.2, 0) is 11.3 Å². The van der Waals surface area contributed by atoms with E-state index in [1.807, 2.05) is 13.8 Å². The van der Waals surface area contributed by atoms with Crippen LogP contribution in [0.5, 0.6) is 11.5 Å². The van der Waals surface area contributed by atoms with Crippen LogP contribution in [0, 0.1) is 5.92 Å². The average Bonchev–Trinajstić information content (AvgIpc) is 2.70. The van der Waals surface area contributed by atoms with E-state index in [4.69, 9.17) is 25.8 Å². The number of nitrogens with zero attached hydrogens (tertiary/aromatic N) is 2. The van der Waals surface area contributed by atoms with Gasteiger partial charge in [0.15, 0.2) is 11.5 Å². The van der Waals surface area contributed by atoms with Crippen LogP contribution in [0.25, 0.3) is 5.65 Å². The van der Waals surface area contributed by atoms with Gasteiger partial charge in [-0.2, -0.15) is 0 Å². The summed E-state index contributed by atoms with van der Waals surface area (Å²) < 4.78 is 17.7. The van der Waals surface area contributed by atoms with Crippen LogP contribution in [0.15, 0.2) is 47.4 Å². The third-order valence-corrected chi connectivity index (χ3v) is 4.28. The van der Waals surface area contributed by atoms with Crippen molar-refractivity contribution in [2.45, 2.75) is 20.5 Å². The van der Waals surface area contributed by atoms with Gasteiger partial charge in [-0.15, -0.1) is 0 Å². The molecule has 2 aromatic heterocycles. The summed E-state index contributed by atoms with van der Waals surface area (Å²) in [6.07, 6.45) is 1.62. The lowest BCUT2D eigenvalue weighted by Gasteiger charge is -2.15. The minimum Gasteiger partial charge on any atom is -0.493 e. The quantitative estimate of drug-likeness (QED) is 0.546. The summed E-state index contributed by atoms with van der Waals surface area (Å²) in [5.41, 5.74) is 0.784. The number of carbonyl (C=O) groups is 1. The molecular formula is C21H21ClN2O5. The molecule has 29 heavy (non-hydrogen) atoms. The zero-order valence-corrected chi connectivity index (χ0v) is 17.1. The van der Waals surface area contributed by atoms with Crippen LogP contribution in [0.4, 0.5) is 0 Å². The van der Waals surface area contributed by atoms with Gasteiger partial charge in [-0.25, -0.2) is 9.78 Å². The number of pyridine rings is 1. The number of fused-ring (bicyclic) bond motifs is 1. The van der Waals surface area contributed by atoms with E-state index in [1.54, 1.807) is 24.4 Å². The molecular weight excluding hydrogens is 396 g/mol. The molecule has 0 bridgehead atoms. The maximum Gasteiger partial charge on any atom is 0.338 e. The third kappa shape index (κ3) is 4.86. The van der Waals surface area contributed by atoms with Crippen molar-refractivity contribution < 1.29 is 19.0 Å². The fraction of sp³-hybridized carbons (Fsp3) is 0.286. The van der Waals surface area contributed by atoms with Gasteiger partial charge in [-0.1, -0.05) is 31.5 Å². The summed E-state index contributed by atoms with van der Waals surface area (Å²) in [5.74, 6) is 0.408. The van der Waals surface area contributed by atoms with Gasteiger partial charge in [0.25, 0.3) is 5.56 Å². The predicted molar refractivity (Wildman–Crippen MR) is 109 cm³/mol. The van der Waals surface area contributed by atoms with Crippen molar-refractivity contribution in [1.82, 2.24) is 9.38 Å². The largest absolute Gasteiger partial charge is 0.493 e. The molecule has 7 nitrogen and oxygen atoms in total. The maximum atomic E-state index is 12.5. The van der Waals surface area contributed by atoms with Gasteiger partial charge in [0.05, 0.1) is 30.0 Å². The van der Waals surface area contributed by atoms with Crippen molar-refractivity contribution in [3.8, 4) is 11.5 Å². The summed E-state index contributed by atoms with van der Waals surface area (Å²) in [6, 6.07) is 9.51. The van der Waals surface area contributed by atoms with Crippen LogP contribution in [0.3, 0.4) is 0 Å². The number of aromatic nitrogens is 2. The monoisotopic (exact) mass is 416 g/mol. The molecule has 2 heterocycles. The number of methoxy groups -OCH3 is 1. The second-order valence-corrected chi connectivity index (χ2v) is 7.19. The van der Waals surface area contributed by atoms with Crippen LogP contribution in [0.2, 0.25) is 5.02 Å². The Labute approximate surface area is 172 Å². The molecule has 0 unspecified atom stereocenters.